The number of hydrogen-bond donors (Lipinski definition) is 2. The highest BCUT2D eigenvalue weighted by Gasteiger charge is 2.43. The fourth-order valence-electron chi connectivity index (χ4n) is 4.84. The lowest BCUT2D eigenvalue weighted by Crippen LogP contribution is -2.35. The van der Waals surface area contributed by atoms with Gasteiger partial charge in [-0.25, -0.2) is 4.98 Å². The first kappa shape index (κ1) is 20.6. The van der Waals surface area contributed by atoms with E-state index in [1.807, 2.05) is 46.9 Å². The molecule has 7 nitrogen and oxygen atoms in total. The molecule has 2 amide bonds. The standard InChI is InChI=1S/C23H30N4O3/c1-2-3-22(29)25-19-6-4-16(5-7-19)10-23(30)27-13-17-11-20(26-9-8-24-15-26)21(28)12-18(17)14-27/h4-9,15,17-18,20-21,28H,2-3,10-14H2,1H3,(H,25,29)/t17-,18+,20-,21-/m1/s1. The van der Waals surface area contributed by atoms with Crippen LogP contribution in [0.15, 0.2) is 43.0 Å². The average molecular weight is 411 g/mol. The van der Waals surface area contributed by atoms with E-state index in [9.17, 15) is 14.7 Å². The van der Waals surface area contributed by atoms with Gasteiger partial charge in [0.25, 0.3) is 0 Å². The third kappa shape index (κ3) is 4.56. The van der Waals surface area contributed by atoms with Gasteiger partial charge in [-0.15, -0.1) is 0 Å². The number of aliphatic hydroxyl groups excluding tert-OH is 1. The average Bonchev–Trinajstić information content (AvgIpc) is 3.38. The van der Waals surface area contributed by atoms with Crippen molar-refractivity contribution in [1.82, 2.24) is 14.5 Å². The lowest BCUT2D eigenvalue weighted by Gasteiger charge is -2.35. The molecule has 2 fully saturated rings. The summed E-state index contributed by atoms with van der Waals surface area (Å²) in [6.07, 6.45) is 8.29. The molecule has 0 spiro atoms. The molecule has 160 valence electrons. The number of imidazole rings is 1. The fraction of sp³-hybridized carbons (Fsp3) is 0.522. The van der Waals surface area contributed by atoms with Crippen molar-refractivity contribution < 1.29 is 14.7 Å². The Morgan fingerprint density at radius 3 is 2.57 bits per heavy atom. The van der Waals surface area contributed by atoms with Gasteiger partial charge in [-0.05, 0) is 48.8 Å². The Hall–Kier alpha value is -2.67. The van der Waals surface area contributed by atoms with E-state index in [-0.39, 0.29) is 17.9 Å². The molecule has 2 heterocycles. The van der Waals surface area contributed by atoms with Gasteiger partial charge in [0, 0.05) is 37.6 Å². The fourth-order valence-corrected chi connectivity index (χ4v) is 4.84. The molecular formula is C23H30N4O3. The molecule has 2 aromatic rings. The number of nitrogens with one attached hydrogen (secondary N) is 1. The Labute approximate surface area is 177 Å². The minimum absolute atomic E-state index is 0.0113. The van der Waals surface area contributed by atoms with Gasteiger partial charge >= 0.3 is 0 Å². The topological polar surface area (TPSA) is 87.5 Å². The van der Waals surface area contributed by atoms with Crippen LogP contribution in [0.4, 0.5) is 5.69 Å². The molecule has 4 rings (SSSR count). The monoisotopic (exact) mass is 410 g/mol. The number of fused-ring (bicyclic) bond motifs is 1. The van der Waals surface area contributed by atoms with Crippen LogP contribution in [-0.2, 0) is 16.0 Å². The van der Waals surface area contributed by atoms with Crippen LogP contribution in [0, 0.1) is 11.8 Å². The van der Waals surface area contributed by atoms with E-state index in [1.165, 1.54) is 0 Å². The zero-order chi connectivity index (χ0) is 21.1. The lowest BCUT2D eigenvalue weighted by molar-refractivity contribution is -0.129. The Morgan fingerprint density at radius 2 is 1.90 bits per heavy atom. The first-order chi connectivity index (χ1) is 14.5. The van der Waals surface area contributed by atoms with Crippen molar-refractivity contribution in [2.24, 2.45) is 11.8 Å². The van der Waals surface area contributed by atoms with Gasteiger partial charge in [-0.3, -0.25) is 9.59 Å². The number of aliphatic hydroxyl groups is 1. The zero-order valence-electron chi connectivity index (χ0n) is 17.4. The number of aromatic nitrogens is 2. The van der Waals surface area contributed by atoms with Crippen LogP contribution < -0.4 is 5.32 Å². The Balaban J connectivity index is 1.32. The molecule has 1 aliphatic carbocycles. The molecule has 1 aromatic heterocycles. The maximum atomic E-state index is 12.9. The molecule has 1 aliphatic heterocycles. The quantitative estimate of drug-likeness (QED) is 0.766. The summed E-state index contributed by atoms with van der Waals surface area (Å²) in [5, 5.41) is 13.5. The van der Waals surface area contributed by atoms with E-state index >= 15 is 0 Å². The van der Waals surface area contributed by atoms with Crippen LogP contribution in [0.5, 0.6) is 0 Å². The highest BCUT2D eigenvalue weighted by Crippen LogP contribution is 2.41. The molecule has 0 unspecified atom stereocenters. The number of anilines is 1. The van der Waals surface area contributed by atoms with Crippen molar-refractivity contribution in [1.29, 1.82) is 0 Å². The number of carbonyl (C=O) groups is 2. The molecule has 2 N–H and O–H groups in total. The summed E-state index contributed by atoms with van der Waals surface area (Å²) in [6, 6.07) is 7.56. The van der Waals surface area contributed by atoms with Crippen molar-refractivity contribution >= 4 is 17.5 Å². The van der Waals surface area contributed by atoms with E-state index < -0.39 is 6.10 Å². The highest BCUT2D eigenvalue weighted by atomic mass is 16.3. The summed E-state index contributed by atoms with van der Waals surface area (Å²) in [6.45, 7) is 3.45. The van der Waals surface area contributed by atoms with E-state index in [0.717, 1.165) is 43.6 Å². The summed E-state index contributed by atoms with van der Waals surface area (Å²) in [5.41, 5.74) is 1.70. The molecule has 0 bridgehead atoms. The highest BCUT2D eigenvalue weighted by molar-refractivity contribution is 5.90. The van der Waals surface area contributed by atoms with Gasteiger partial charge in [0.05, 0.1) is 24.9 Å². The molecule has 4 atom stereocenters. The van der Waals surface area contributed by atoms with Gasteiger partial charge in [0.1, 0.15) is 0 Å². The maximum Gasteiger partial charge on any atom is 0.227 e. The number of hydrogen-bond acceptors (Lipinski definition) is 4. The van der Waals surface area contributed by atoms with Crippen LogP contribution in [0.1, 0.15) is 44.2 Å². The third-order valence-electron chi connectivity index (χ3n) is 6.44. The predicted molar refractivity (Wildman–Crippen MR) is 114 cm³/mol. The first-order valence-corrected chi connectivity index (χ1v) is 10.9. The van der Waals surface area contributed by atoms with Crippen molar-refractivity contribution in [2.75, 3.05) is 18.4 Å². The Kier molecular flexibility index (Phi) is 6.18. The van der Waals surface area contributed by atoms with Gasteiger partial charge in [0.2, 0.25) is 11.8 Å². The second-order valence-electron chi connectivity index (χ2n) is 8.61. The third-order valence-corrected chi connectivity index (χ3v) is 6.44. The predicted octanol–water partition coefficient (Wildman–Crippen LogP) is 2.63. The van der Waals surface area contributed by atoms with Crippen LogP contribution in [-0.4, -0.2) is 50.6 Å². The Bertz CT molecular complexity index is 865. The SMILES string of the molecule is CCCC(=O)Nc1ccc(CC(=O)N2C[C@H]3C[C@@H](n4ccnc4)[C@H](O)C[C@H]3C2)cc1. The number of carbonyl (C=O) groups excluding carboxylic acids is 2. The van der Waals surface area contributed by atoms with E-state index in [4.69, 9.17) is 0 Å². The maximum absolute atomic E-state index is 12.9. The number of likely N-dealkylation sites (tertiary alicyclic amines) is 1. The number of nitrogens with zero attached hydrogens (tertiary/aromatic N) is 3. The summed E-state index contributed by atoms with van der Waals surface area (Å²) >= 11 is 0. The molecule has 1 saturated heterocycles. The molecule has 7 heteroatoms. The van der Waals surface area contributed by atoms with Crippen LogP contribution in [0.25, 0.3) is 0 Å². The molecule has 30 heavy (non-hydrogen) atoms. The summed E-state index contributed by atoms with van der Waals surface area (Å²) in [5.74, 6) is 0.916. The molecule has 1 saturated carbocycles. The lowest BCUT2D eigenvalue weighted by atomic mass is 9.77. The largest absolute Gasteiger partial charge is 0.391 e. The molecule has 1 aromatic carbocycles. The van der Waals surface area contributed by atoms with E-state index in [1.54, 1.807) is 12.5 Å². The number of benzene rings is 1. The van der Waals surface area contributed by atoms with E-state index in [0.29, 0.717) is 24.7 Å². The van der Waals surface area contributed by atoms with Gasteiger partial charge in [0.15, 0.2) is 0 Å². The molecule has 0 radical (unpaired) electrons. The zero-order valence-corrected chi connectivity index (χ0v) is 17.4. The first-order valence-electron chi connectivity index (χ1n) is 10.9. The number of amides is 2. The second-order valence-corrected chi connectivity index (χ2v) is 8.61. The van der Waals surface area contributed by atoms with Crippen molar-refractivity contribution in [3.8, 4) is 0 Å². The second kappa shape index (κ2) is 9.00. The van der Waals surface area contributed by atoms with Crippen molar-refractivity contribution in [3.05, 3.63) is 48.5 Å². The van der Waals surface area contributed by atoms with Crippen LogP contribution in [0.2, 0.25) is 0 Å². The minimum Gasteiger partial charge on any atom is -0.391 e. The van der Waals surface area contributed by atoms with Gasteiger partial charge in [-0.2, -0.15) is 0 Å². The molecular weight excluding hydrogens is 380 g/mol. The van der Waals surface area contributed by atoms with Crippen molar-refractivity contribution in [3.63, 3.8) is 0 Å². The van der Waals surface area contributed by atoms with Gasteiger partial charge in [-0.1, -0.05) is 19.1 Å². The molecule has 2 aliphatic rings. The summed E-state index contributed by atoms with van der Waals surface area (Å²) < 4.78 is 1.99. The summed E-state index contributed by atoms with van der Waals surface area (Å²) in [4.78, 5) is 30.6. The summed E-state index contributed by atoms with van der Waals surface area (Å²) in [7, 11) is 0. The number of rotatable bonds is 6. The normalized spacial score (nSPS) is 25.7. The van der Waals surface area contributed by atoms with E-state index in [2.05, 4.69) is 10.3 Å². The Morgan fingerprint density at radius 1 is 1.17 bits per heavy atom. The minimum atomic E-state index is -0.397. The van der Waals surface area contributed by atoms with Crippen LogP contribution in [0.3, 0.4) is 0 Å². The van der Waals surface area contributed by atoms with Crippen molar-refractivity contribution in [2.45, 2.75) is 51.2 Å². The smallest absolute Gasteiger partial charge is 0.227 e. The van der Waals surface area contributed by atoms with Gasteiger partial charge < -0.3 is 19.9 Å². The van der Waals surface area contributed by atoms with Crippen LogP contribution >= 0.6 is 0 Å².